The van der Waals surface area contributed by atoms with E-state index in [2.05, 4.69) is 169 Å². The summed E-state index contributed by atoms with van der Waals surface area (Å²) in [5.41, 5.74) is 18.2. The lowest BCUT2D eigenvalue weighted by molar-refractivity contribution is 0.796. The number of rotatable bonds is 5. The number of nitriles is 1. The van der Waals surface area contributed by atoms with Crippen LogP contribution in [0.3, 0.4) is 0 Å². The fourth-order valence-electron chi connectivity index (χ4n) is 9.27. The van der Waals surface area contributed by atoms with E-state index in [9.17, 15) is 5.26 Å². The fourth-order valence-corrected chi connectivity index (χ4v) is 9.27. The van der Waals surface area contributed by atoms with Gasteiger partial charge in [-0.1, -0.05) is 146 Å². The Labute approximate surface area is 308 Å². The standard InChI is InChI=1S/C51H32N2/c52-31-32-10-5-13-35(28-32)53(36-14-6-11-33(29-36)38-24-26-48-42-18-3-1-16-40(42)46-22-8-20-44(38)50(46)48)37-15-7-12-34(30-37)39-25-27-49-43-19-4-2-17-41(43)47-23-9-21-45(39)51(47)49/h1-29,37H,30H2. The predicted octanol–water partition coefficient (Wildman–Crippen LogP) is 13.4. The van der Waals surface area contributed by atoms with Crippen LogP contribution in [0.15, 0.2) is 176 Å². The Hall–Kier alpha value is -6.95. The van der Waals surface area contributed by atoms with Crippen LogP contribution in [-0.2, 0) is 0 Å². The third-order valence-electron chi connectivity index (χ3n) is 11.5. The second kappa shape index (κ2) is 11.5. The van der Waals surface area contributed by atoms with Gasteiger partial charge in [0, 0.05) is 11.4 Å². The molecule has 0 heterocycles. The summed E-state index contributed by atoms with van der Waals surface area (Å²) in [4.78, 5) is 2.42. The minimum atomic E-state index is 0.0294. The highest BCUT2D eigenvalue weighted by molar-refractivity contribution is 6.19. The highest BCUT2D eigenvalue weighted by atomic mass is 15.2. The van der Waals surface area contributed by atoms with Crippen LogP contribution in [0.5, 0.6) is 0 Å². The van der Waals surface area contributed by atoms with Crippen LogP contribution in [0.2, 0.25) is 0 Å². The third kappa shape index (κ3) is 4.45. The molecule has 3 aliphatic rings. The number of benzene rings is 8. The molecule has 0 amide bonds. The lowest BCUT2D eigenvalue weighted by Gasteiger charge is -2.34. The summed E-state index contributed by atoms with van der Waals surface area (Å²) in [6.45, 7) is 0. The van der Waals surface area contributed by atoms with Gasteiger partial charge in [0.05, 0.1) is 17.7 Å². The van der Waals surface area contributed by atoms with Gasteiger partial charge < -0.3 is 4.90 Å². The number of allylic oxidation sites excluding steroid dienone is 2. The van der Waals surface area contributed by atoms with Crippen molar-refractivity contribution in [3.8, 4) is 61.7 Å². The molecule has 2 heteroatoms. The van der Waals surface area contributed by atoms with Crippen LogP contribution < -0.4 is 4.90 Å². The first kappa shape index (κ1) is 29.7. The van der Waals surface area contributed by atoms with Crippen molar-refractivity contribution in [3.63, 3.8) is 0 Å². The van der Waals surface area contributed by atoms with Gasteiger partial charge in [-0.2, -0.15) is 5.26 Å². The van der Waals surface area contributed by atoms with Gasteiger partial charge >= 0.3 is 0 Å². The maximum atomic E-state index is 9.95. The molecular formula is C51H32N2. The van der Waals surface area contributed by atoms with Crippen molar-refractivity contribution in [2.75, 3.05) is 4.90 Å². The molecule has 0 fully saturated rings. The van der Waals surface area contributed by atoms with Gasteiger partial charge in [-0.3, -0.25) is 0 Å². The van der Waals surface area contributed by atoms with Crippen LogP contribution in [-0.4, -0.2) is 6.04 Å². The zero-order valence-corrected chi connectivity index (χ0v) is 28.9. The molecule has 8 aromatic rings. The summed E-state index contributed by atoms with van der Waals surface area (Å²) in [6.07, 6.45) is 7.63. The average Bonchev–Trinajstić information content (AvgIpc) is 3.73. The summed E-state index contributed by atoms with van der Waals surface area (Å²) in [7, 11) is 0. The van der Waals surface area contributed by atoms with Crippen LogP contribution in [0.25, 0.3) is 82.8 Å². The summed E-state index contributed by atoms with van der Waals surface area (Å²) in [5.74, 6) is 0. The molecule has 0 saturated heterocycles. The van der Waals surface area contributed by atoms with Crippen LogP contribution in [0, 0.1) is 11.3 Å². The number of hydrogen-bond donors (Lipinski definition) is 0. The first-order valence-corrected chi connectivity index (χ1v) is 18.3. The Bertz CT molecular complexity index is 2900. The molecular weight excluding hydrogens is 641 g/mol. The van der Waals surface area contributed by atoms with Crippen molar-refractivity contribution in [1.29, 1.82) is 5.26 Å². The van der Waals surface area contributed by atoms with E-state index in [4.69, 9.17) is 0 Å². The van der Waals surface area contributed by atoms with Crippen LogP contribution in [0.4, 0.5) is 11.4 Å². The first-order chi connectivity index (χ1) is 26.2. The number of hydrogen-bond acceptors (Lipinski definition) is 2. The zero-order chi connectivity index (χ0) is 35.0. The molecule has 11 rings (SSSR count). The Morgan fingerprint density at radius 3 is 1.62 bits per heavy atom. The Kier molecular flexibility index (Phi) is 6.48. The van der Waals surface area contributed by atoms with E-state index >= 15 is 0 Å². The van der Waals surface area contributed by atoms with E-state index in [-0.39, 0.29) is 6.04 Å². The lowest BCUT2D eigenvalue weighted by Crippen LogP contribution is -2.30. The summed E-state index contributed by atoms with van der Waals surface area (Å²) in [6, 6.07) is 59.6. The minimum Gasteiger partial charge on any atom is -0.334 e. The van der Waals surface area contributed by atoms with Gasteiger partial charge in [-0.05, 0) is 125 Å². The molecule has 0 bridgehead atoms. The highest BCUT2D eigenvalue weighted by Crippen LogP contribution is 2.51. The van der Waals surface area contributed by atoms with Crippen molar-refractivity contribution >= 4 is 38.5 Å². The summed E-state index contributed by atoms with van der Waals surface area (Å²) >= 11 is 0. The second-order valence-corrected chi connectivity index (χ2v) is 14.3. The molecule has 0 aliphatic heterocycles. The van der Waals surface area contributed by atoms with Crippen LogP contribution in [0.1, 0.15) is 17.5 Å². The molecule has 0 N–H and O–H groups in total. The quantitative estimate of drug-likeness (QED) is 0.182. The maximum Gasteiger partial charge on any atom is 0.0992 e. The number of fused-ring (bicyclic) bond motifs is 6. The molecule has 0 saturated carbocycles. The molecule has 1 atom stereocenters. The summed E-state index contributed by atoms with van der Waals surface area (Å²) in [5, 5.41) is 15.2. The van der Waals surface area contributed by atoms with E-state index in [1.54, 1.807) is 0 Å². The fraction of sp³-hybridized carbons (Fsp3) is 0.0392. The zero-order valence-electron chi connectivity index (χ0n) is 28.9. The molecule has 53 heavy (non-hydrogen) atoms. The maximum absolute atomic E-state index is 9.95. The first-order valence-electron chi connectivity index (χ1n) is 18.3. The summed E-state index contributed by atoms with van der Waals surface area (Å²) < 4.78 is 0. The normalized spacial score (nSPS) is 14.5. The van der Waals surface area contributed by atoms with Gasteiger partial charge in [-0.25, -0.2) is 0 Å². The molecule has 0 radical (unpaired) electrons. The van der Waals surface area contributed by atoms with Crippen molar-refractivity contribution in [3.05, 3.63) is 187 Å². The smallest absolute Gasteiger partial charge is 0.0992 e. The third-order valence-corrected chi connectivity index (χ3v) is 11.5. The Morgan fingerprint density at radius 1 is 0.472 bits per heavy atom. The lowest BCUT2D eigenvalue weighted by atomic mass is 9.88. The van der Waals surface area contributed by atoms with Gasteiger partial charge in [0.25, 0.3) is 0 Å². The largest absolute Gasteiger partial charge is 0.334 e. The van der Waals surface area contributed by atoms with Crippen molar-refractivity contribution in [2.45, 2.75) is 12.5 Å². The second-order valence-electron chi connectivity index (χ2n) is 14.3. The monoisotopic (exact) mass is 672 g/mol. The molecule has 246 valence electrons. The predicted molar refractivity (Wildman–Crippen MR) is 221 cm³/mol. The SMILES string of the molecule is N#Cc1cccc(N(c2cccc(-c3ccc4c5c(cccc35)-c3ccccc3-4)c2)C2C=CC=C(c3ccc4c5c(cccc35)-c3ccccc3-4)C2)c1. The minimum absolute atomic E-state index is 0.0294. The van der Waals surface area contributed by atoms with Crippen LogP contribution >= 0.6 is 0 Å². The van der Waals surface area contributed by atoms with Gasteiger partial charge in [0.15, 0.2) is 0 Å². The van der Waals surface area contributed by atoms with Gasteiger partial charge in [-0.15, -0.1) is 0 Å². The number of anilines is 2. The number of nitrogens with zero attached hydrogens (tertiary/aromatic N) is 2. The van der Waals surface area contributed by atoms with E-state index in [1.807, 2.05) is 18.2 Å². The molecule has 0 spiro atoms. The van der Waals surface area contributed by atoms with E-state index in [0.717, 1.165) is 17.8 Å². The molecule has 0 aromatic heterocycles. The van der Waals surface area contributed by atoms with Crippen molar-refractivity contribution < 1.29 is 0 Å². The Balaban J connectivity index is 1.02. The van der Waals surface area contributed by atoms with E-state index < -0.39 is 0 Å². The van der Waals surface area contributed by atoms with Crippen molar-refractivity contribution in [2.24, 2.45) is 0 Å². The highest BCUT2D eigenvalue weighted by Gasteiger charge is 2.27. The van der Waals surface area contributed by atoms with E-state index in [0.29, 0.717) is 5.56 Å². The van der Waals surface area contributed by atoms with Gasteiger partial charge in [0.2, 0.25) is 0 Å². The topological polar surface area (TPSA) is 27.0 Å². The van der Waals surface area contributed by atoms with E-state index in [1.165, 1.54) is 88.3 Å². The van der Waals surface area contributed by atoms with Crippen molar-refractivity contribution in [1.82, 2.24) is 0 Å². The molecule has 3 aliphatic carbocycles. The average molecular weight is 673 g/mol. The Morgan fingerprint density at radius 2 is 0.981 bits per heavy atom. The molecule has 1 unspecified atom stereocenters. The molecule has 8 aromatic carbocycles. The van der Waals surface area contributed by atoms with Gasteiger partial charge in [0.1, 0.15) is 0 Å². The molecule has 2 nitrogen and oxygen atoms in total.